The third-order valence-corrected chi connectivity index (χ3v) is 6.88. The first kappa shape index (κ1) is 22.3. The van der Waals surface area contributed by atoms with E-state index < -0.39 is 28.5 Å². The van der Waals surface area contributed by atoms with E-state index in [4.69, 9.17) is 16.3 Å². The van der Waals surface area contributed by atoms with Gasteiger partial charge in [0.2, 0.25) is 10.0 Å². The van der Waals surface area contributed by atoms with Crippen LogP contribution < -0.4 is 5.32 Å². The molecule has 0 atom stereocenters. The van der Waals surface area contributed by atoms with Gasteiger partial charge >= 0.3 is 5.97 Å². The molecule has 0 saturated carbocycles. The van der Waals surface area contributed by atoms with E-state index >= 15 is 0 Å². The predicted molar refractivity (Wildman–Crippen MR) is 114 cm³/mol. The predicted octanol–water partition coefficient (Wildman–Crippen LogP) is 3.24. The Labute approximate surface area is 181 Å². The largest absolute Gasteiger partial charge is 0.455 e. The van der Waals surface area contributed by atoms with E-state index in [9.17, 15) is 18.0 Å². The van der Waals surface area contributed by atoms with Crippen LogP contribution in [0.4, 0.5) is 5.69 Å². The van der Waals surface area contributed by atoms with Gasteiger partial charge in [-0.2, -0.15) is 4.31 Å². The highest BCUT2D eigenvalue weighted by Crippen LogP contribution is 2.22. The Kier molecular flexibility index (Phi) is 7.47. The number of amides is 1. The topological polar surface area (TPSA) is 92.8 Å². The average molecular weight is 451 g/mol. The molecule has 1 amide bonds. The number of esters is 1. The number of rotatable bonds is 7. The number of hydrogen-bond acceptors (Lipinski definition) is 5. The Morgan fingerprint density at radius 3 is 2.23 bits per heavy atom. The molecule has 1 aliphatic rings. The SMILES string of the molecule is O=C(COC(=O)Cc1ccc(Cl)cc1)Nc1ccc(S(=O)(=O)N2CCCCC2)cc1. The zero-order valence-electron chi connectivity index (χ0n) is 16.3. The molecule has 2 aromatic carbocycles. The second-order valence-electron chi connectivity index (χ2n) is 7.00. The van der Waals surface area contributed by atoms with E-state index in [1.165, 1.54) is 28.6 Å². The van der Waals surface area contributed by atoms with Crippen LogP contribution >= 0.6 is 11.6 Å². The third-order valence-electron chi connectivity index (χ3n) is 4.72. The van der Waals surface area contributed by atoms with Crippen molar-refractivity contribution in [2.75, 3.05) is 25.0 Å². The van der Waals surface area contributed by atoms with Crippen LogP contribution in [0, 0.1) is 0 Å². The lowest BCUT2D eigenvalue weighted by atomic mass is 10.1. The van der Waals surface area contributed by atoms with E-state index in [-0.39, 0.29) is 11.3 Å². The summed E-state index contributed by atoms with van der Waals surface area (Å²) in [6.45, 7) is 0.630. The summed E-state index contributed by atoms with van der Waals surface area (Å²) in [7, 11) is -3.52. The van der Waals surface area contributed by atoms with Crippen molar-refractivity contribution in [2.24, 2.45) is 0 Å². The van der Waals surface area contributed by atoms with Crippen LogP contribution in [0.15, 0.2) is 53.4 Å². The van der Waals surface area contributed by atoms with E-state index in [0.717, 1.165) is 24.8 Å². The van der Waals surface area contributed by atoms with Crippen LogP contribution in [0.1, 0.15) is 24.8 Å². The van der Waals surface area contributed by atoms with Gasteiger partial charge < -0.3 is 10.1 Å². The minimum Gasteiger partial charge on any atom is -0.455 e. The first-order valence-electron chi connectivity index (χ1n) is 9.65. The Morgan fingerprint density at radius 1 is 0.967 bits per heavy atom. The summed E-state index contributed by atoms with van der Waals surface area (Å²) < 4.78 is 31.8. The van der Waals surface area contributed by atoms with Crippen molar-refractivity contribution in [1.82, 2.24) is 4.31 Å². The summed E-state index contributed by atoms with van der Waals surface area (Å²) in [5.74, 6) is -1.04. The first-order valence-corrected chi connectivity index (χ1v) is 11.5. The zero-order valence-corrected chi connectivity index (χ0v) is 17.9. The minimum atomic E-state index is -3.52. The molecule has 1 saturated heterocycles. The highest BCUT2D eigenvalue weighted by Gasteiger charge is 2.25. The van der Waals surface area contributed by atoms with E-state index in [1.54, 1.807) is 24.3 Å². The molecule has 3 rings (SSSR count). The maximum atomic E-state index is 12.6. The highest BCUT2D eigenvalue weighted by atomic mass is 35.5. The fraction of sp³-hybridized carbons (Fsp3) is 0.333. The molecular formula is C21H23ClN2O5S. The molecule has 7 nitrogen and oxygen atoms in total. The number of carbonyl (C=O) groups is 2. The van der Waals surface area contributed by atoms with E-state index in [0.29, 0.717) is 23.8 Å². The van der Waals surface area contributed by atoms with E-state index in [2.05, 4.69) is 5.32 Å². The van der Waals surface area contributed by atoms with Gasteiger partial charge in [-0.3, -0.25) is 9.59 Å². The number of sulfonamides is 1. The van der Waals surface area contributed by atoms with Gasteiger partial charge in [0.1, 0.15) is 0 Å². The second-order valence-corrected chi connectivity index (χ2v) is 9.38. The Bertz CT molecular complexity index is 985. The number of carbonyl (C=O) groups excluding carboxylic acids is 2. The minimum absolute atomic E-state index is 0.0352. The van der Waals surface area contributed by atoms with Gasteiger partial charge in [0.25, 0.3) is 5.91 Å². The number of hydrogen-bond donors (Lipinski definition) is 1. The van der Waals surface area contributed by atoms with Crippen molar-refractivity contribution in [3.8, 4) is 0 Å². The molecule has 0 aromatic heterocycles. The van der Waals surface area contributed by atoms with Gasteiger partial charge in [0, 0.05) is 23.8 Å². The molecule has 0 bridgehead atoms. The summed E-state index contributed by atoms with van der Waals surface area (Å²) >= 11 is 5.80. The molecule has 30 heavy (non-hydrogen) atoms. The van der Waals surface area contributed by atoms with Gasteiger partial charge in [-0.1, -0.05) is 30.2 Å². The van der Waals surface area contributed by atoms with Crippen molar-refractivity contribution < 1.29 is 22.7 Å². The molecule has 2 aromatic rings. The lowest BCUT2D eigenvalue weighted by Gasteiger charge is -2.25. The third kappa shape index (κ3) is 6.04. The molecule has 0 aliphatic carbocycles. The smallest absolute Gasteiger partial charge is 0.310 e. The van der Waals surface area contributed by atoms with Crippen molar-refractivity contribution in [2.45, 2.75) is 30.6 Å². The molecular weight excluding hydrogens is 428 g/mol. The molecule has 1 fully saturated rings. The Morgan fingerprint density at radius 2 is 1.60 bits per heavy atom. The number of ether oxygens (including phenoxy) is 1. The summed E-state index contributed by atoms with van der Waals surface area (Å²) in [6.07, 6.45) is 2.81. The van der Waals surface area contributed by atoms with E-state index in [1.807, 2.05) is 0 Å². The maximum Gasteiger partial charge on any atom is 0.310 e. The number of benzene rings is 2. The number of nitrogens with zero attached hydrogens (tertiary/aromatic N) is 1. The molecule has 0 radical (unpaired) electrons. The van der Waals surface area contributed by atoms with Crippen LogP contribution in [-0.4, -0.2) is 44.3 Å². The Hall–Kier alpha value is -2.42. The maximum absolute atomic E-state index is 12.6. The summed E-state index contributed by atoms with van der Waals surface area (Å²) in [4.78, 5) is 24.1. The first-order chi connectivity index (χ1) is 14.3. The normalized spacial score (nSPS) is 14.8. The van der Waals surface area contributed by atoms with Crippen LogP contribution in [-0.2, 0) is 30.8 Å². The fourth-order valence-corrected chi connectivity index (χ4v) is 4.77. The zero-order chi connectivity index (χ0) is 21.6. The van der Waals surface area contributed by atoms with Gasteiger partial charge in [0.15, 0.2) is 6.61 Å². The van der Waals surface area contributed by atoms with Crippen LogP contribution in [0.25, 0.3) is 0 Å². The lowest BCUT2D eigenvalue weighted by Crippen LogP contribution is -2.35. The molecule has 160 valence electrons. The standard InChI is InChI=1S/C21H23ClN2O5S/c22-17-6-4-16(5-7-17)14-21(26)29-15-20(25)23-18-8-10-19(11-9-18)30(27,28)24-12-2-1-3-13-24/h4-11H,1-3,12-15H2,(H,23,25). The van der Waals surface area contributed by atoms with Crippen molar-refractivity contribution >= 4 is 39.2 Å². The van der Waals surface area contributed by atoms with Crippen LogP contribution in [0.2, 0.25) is 5.02 Å². The molecule has 9 heteroatoms. The average Bonchev–Trinajstić information content (AvgIpc) is 2.75. The van der Waals surface area contributed by atoms with Gasteiger partial charge in [-0.25, -0.2) is 8.42 Å². The second kappa shape index (κ2) is 10.1. The van der Waals surface area contributed by atoms with Crippen molar-refractivity contribution in [1.29, 1.82) is 0 Å². The van der Waals surface area contributed by atoms with Crippen LogP contribution in [0.5, 0.6) is 0 Å². The monoisotopic (exact) mass is 450 g/mol. The molecule has 1 aliphatic heterocycles. The summed E-state index contributed by atoms with van der Waals surface area (Å²) in [5.41, 5.74) is 1.15. The van der Waals surface area contributed by atoms with Crippen molar-refractivity contribution in [3.63, 3.8) is 0 Å². The fourth-order valence-electron chi connectivity index (χ4n) is 3.13. The number of halogens is 1. The van der Waals surface area contributed by atoms with Gasteiger partial charge in [0.05, 0.1) is 11.3 Å². The lowest BCUT2D eigenvalue weighted by molar-refractivity contribution is -0.146. The number of anilines is 1. The molecule has 1 N–H and O–H groups in total. The molecule has 1 heterocycles. The molecule has 0 spiro atoms. The quantitative estimate of drug-likeness (QED) is 0.653. The summed E-state index contributed by atoms with van der Waals surface area (Å²) in [6, 6.07) is 12.7. The van der Waals surface area contributed by atoms with Crippen molar-refractivity contribution in [3.05, 3.63) is 59.1 Å². The van der Waals surface area contributed by atoms with Gasteiger partial charge in [-0.05, 0) is 54.8 Å². The van der Waals surface area contributed by atoms with Crippen LogP contribution in [0.3, 0.4) is 0 Å². The number of piperidine rings is 1. The summed E-state index contributed by atoms with van der Waals surface area (Å²) in [5, 5.41) is 3.16. The number of nitrogens with one attached hydrogen (secondary N) is 1. The van der Waals surface area contributed by atoms with Gasteiger partial charge in [-0.15, -0.1) is 0 Å². The Balaban J connectivity index is 1.49. The molecule has 0 unspecified atom stereocenters. The highest BCUT2D eigenvalue weighted by molar-refractivity contribution is 7.89.